The summed E-state index contributed by atoms with van der Waals surface area (Å²) in [5, 5.41) is 11.7. The molecule has 0 saturated heterocycles. The molecule has 1 aromatic heterocycles. The zero-order chi connectivity index (χ0) is 15.9. The fourth-order valence-electron chi connectivity index (χ4n) is 2.32. The van der Waals surface area contributed by atoms with Crippen molar-refractivity contribution in [2.75, 3.05) is 26.2 Å². The van der Waals surface area contributed by atoms with Gasteiger partial charge in [0.25, 0.3) is 0 Å². The lowest BCUT2D eigenvalue weighted by molar-refractivity contribution is 0.177. The molecular formula is C15H21N3O4. The molecule has 0 spiro atoms. The minimum Gasteiger partial charge on any atom is -0.408 e. The number of oxazole rings is 1. The van der Waals surface area contributed by atoms with Crippen LogP contribution in [0.4, 0.5) is 4.79 Å². The van der Waals surface area contributed by atoms with Gasteiger partial charge in [-0.05, 0) is 18.6 Å². The van der Waals surface area contributed by atoms with Gasteiger partial charge < -0.3 is 19.7 Å². The monoisotopic (exact) mass is 307 g/mol. The third kappa shape index (κ3) is 3.67. The van der Waals surface area contributed by atoms with E-state index < -0.39 is 5.76 Å². The predicted octanol–water partition coefficient (Wildman–Crippen LogP) is 1.01. The minimum atomic E-state index is -0.434. The predicted molar refractivity (Wildman–Crippen MR) is 82.8 cm³/mol. The molecular weight excluding hydrogens is 286 g/mol. The second-order valence-electron chi connectivity index (χ2n) is 4.93. The van der Waals surface area contributed by atoms with Gasteiger partial charge >= 0.3 is 11.8 Å². The van der Waals surface area contributed by atoms with Crippen LogP contribution in [-0.2, 0) is 6.54 Å². The SMILES string of the molecule is CCCN(CCO)C(=O)NCCn1c(=O)oc2ccccc21. The van der Waals surface area contributed by atoms with Gasteiger partial charge in [0, 0.05) is 26.2 Å². The highest BCUT2D eigenvalue weighted by molar-refractivity contribution is 5.74. The summed E-state index contributed by atoms with van der Waals surface area (Å²) in [5.41, 5.74) is 1.24. The van der Waals surface area contributed by atoms with Crippen LogP contribution < -0.4 is 11.1 Å². The average Bonchev–Trinajstić information content (AvgIpc) is 2.83. The van der Waals surface area contributed by atoms with Crippen LogP contribution in [0.2, 0.25) is 0 Å². The first-order valence-corrected chi connectivity index (χ1v) is 7.39. The van der Waals surface area contributed by atoms with E-state index in [-0.39, 0.29) is 12.6 Å². The van der Waals surface area contributed by atoms with Gasteiger partial charge in [-0.1, -0.05) is 19.1 Å². The van der Waals surface area contributed by atoms with Crippen LogP contribution in [-0.4, -0.2) is 46.8 Å². The van der Waals surface area contributed by atoms with Gasteiger partial charge in [-0.3, -0.25) is 4.57 Å². The summed E-state index contributed by atoms with van der Waals surface area (Å²) in [6.07, 6.45) is 0.819. The quantitative estimate of drug-likeness (QED) is 0.799. The van der Waals surface area contributed by atoms with Crippen molar-refractivity contribution in [3.05, 3.63) is 34.8 Å². The lowest BCUT2D eigenvalue weighted by Gasteiger charge is -2.21. The third-order valence-corrected chi connectivity index (χ3v) is 3.34. The van der Waals surface area contributed by atoms with E-state index in [1.807, 2.05) is 13.0 Å². The van der Waals surface area contributed by atoms with Gasteiger partial charge in [-0.25, -0.2) is 9.59 Å². The third-order valence-electron chi connectivity index (χ3n) is 3.34. The fraction of sp³-hybridized carbons (Fsp3) is 0.467. The number of aliphatic hydroxyl groups is 1. The number of nitrogens with zero attached hydrogens (tertiary/aromatic N) is 2. The number of carbonyl (C=O) groups is 1. The van der Waals surface area contributed by atoms with Gasteiger partial charge in [0.05, 0.1) is 12.1 Å². The molecule has 2 rings (SSSR count). The van der Waals surface area contributed by atoms with Crippen molar-refractivity contribution >= 4 is 17.1 Å². The Morgan fingerprint density at radius 3 is 2.86 bits per heavy atom. The largest absolute Gasteiger partial charge is 0.420 e. The molecule has 0 saturated carbocycles. The maximum Gasteiger partial charge on any atom is 0.420 e. The number of rotatable bonds is 7. The molecule has 0 aliphatic rings. The second-order valence-corrected chi connectivity index (χ2v) is 4.93. The van der Waals surface area contributed by atoms with Crippen molar-refractivity contribution < 1.29 is 14.3 Å². The first-order valence-electron chi connectivity index (χ1n) is 7.39. The standard InChI is InChI=1S/C15H21N3O4/c1-2-8-17(10-11-19)14(20)16-7-9-18-12-5-3-4-6-13(12)22-15(18)21/h3-6,19H,2,7-11H2,1H3,(H,16,20). The topological polar surface area (TPSA) is 87.7 Å². The van der Waals surface area contributed by atoms with Crippen molar-refractivity contribution in [2.24, 2.45) is 0 Å². The highest BCUT2D eigenvalue weighted by Crippen LogP contribution is 2.11. The lowest BCUT2D eigenvalue weighted by atomic mass is 10.3. The molecule has 7 heteroatoms. The number of hydrogen-bond acceptors (Lipinski definition) is 4. The van der Waals surface area contributed by atoms with Crippen LogP contribution in [0.25, 0.3) is 11.1 Å². The Kier molecular flexibility index (Phi) is 5.60. The van der Waals surface area contributed by atoms with Crippen molar-refractivity contribution in [2.45, 2.75) is 19.9 Å². The highest BCUT2D eigenvalue weighted by Gasteiger charge is 2.12. The number of urea groups is 1. The zero-order valence-corrected chi connectivity index (χ0v) is 12.6. The Labute approximate surface area is 128 Å². The smallest absolute Gasteiger partial charge is 0.408 e. The maximum absolute atomic E-state index is 12.0. The van der Waals surface area contributed by atoms with E-state index in [1.165, 1.54) is 4.57 Å². The number of hydrogen-bond donors (Lipinski definition) is 2. The van der Waals surface area contributed by atoms with E-state index in [4.69, 9.17) is 9.52 Å². The van der Waals surface area contributed by atoms with E-state index in [0.717, 1.165) is 6.42 Å². The Morgan fingerprint density at radius 2 is 2.14 bits per heavy atom. The molecule has 2 N–H and O–H groups in total. The summed E-state index contributed by atoms with van der Waals surface area (Å²) in [6, 6.07) is 6.93. The van der Waals surface area contributed by atoms with Gasteiger partial charge in [-0.15, -0.1) is 0 Å². The first kappa shape index (κ1) is 16.1. The van der Waals surface area contributed by atoms with Gasteiger partial charge in [0.2, 0.25) is 0 Å². The number of amides is 2. The Morgan fingerprint density at radius 1 is 1.36 bits per heavy atom. The molecule has 0 aliphatic heterocycles. The minimum absolute atomic E-state index is 0.0702. The normalized spacial score (nSPS) is 10.8. The molecule has 7 nitrogen and oxygen atoms in total. The van der Waals surface area contributed by atoms with Crippen molar-refractivity contribution in [3.63, 3.8) is 0 Å². The highest BCUT2D eigenvalue weighted by atomic mass is 16.4. The number of aromatic nitrogens is 1. The number of fused-ring (bicyclic) bond motifs is 1. The number of aliphatic hydroxyl groups excluding tert-OH is 1. The van der Waals surface area contributed by atoms with Gasteiger partial charge in [0.1, 0.15) is 0 Å². The maximum atomic E-state index is 12.0. The average molecular weight is 307 g/mol. The summed E-state index contributed by atoms with van der Waals surface area (Å²) in [6.45, 7) is 3.43. The summed E-state index contributed by atoms with van der Waals surface area (Å²) >= 11 is 0. The molecule has 2 amide bonds. The summed E-state index contributed by atoms with van der Waals surface area (Å²) in [4.78, 5) is 25.3. The molecule has 2 aromatic rings. The Balaban J connectivity index is 1.96. The molecule has 0 fully saturated rings. The molecule has 1 heterocycles. The second kappa shape index (κ2) is 7.65. The number of carbonyl (C=O) groups excluding carboxylic acids is 1. The van der Waals surface area contributed by atoms with Crippen LogP contribution in [0.15, 0.2) is 33.5 Å². The molecule has 22 heavy (non-hydrogen) atoms. The number of benzene rings is 1. The molecule has 0 atom stereocenters. The van der Waals surface area contributed by atoms with Crippen LogP contribution in [0, 0.1) is 0 Å². The van der Waals surface area contributed by atoms with E-state index in [0.29, 0.717) is 37.3 Å². The number of nitrogens with one attached hydrogen (secondary N) is 1. The van der Waals surface area contributed by atoms with Gasteiger partial charge in [0.15, 0.2) is 5.58 Å². The molecule has 1 aromatic carbocycles. The fourth-order valence-corrected chi connectivity index (χ4v) is 2.32. The van der Waals surface area contributed by atoms with Crippen LogP contribution in [0.1, 0.15) is 13.3 Å². The molecule has 0 bridgehead atoms. The molecule has 0 aliphatic carbocycles. The first-order chi connectivity index (χ1) is 10.7. The molecule has 0 unspecified atom stereocenters. The van der Waals surface area contributed by atoms with Crippen molar-refractivity contribution in [1.82, 2.24) is 14.8 Å². The summed E-state index contributed by atoms with van der Waals surface area (Å²) in [7, 11) is 0. The van der Waals surface area contributed by atoms with Crippen LogP contribution >= 0.6 is 0 Å². The zero-order valence-electron chi connectivity index (χ0n) is 12.6. The van der Waals surface area contributed by atoms with Crippen molar-refractivity contribution in [1.29, 1.82) is 0 Å². The molecule has 0 radical (unpaired) electrons. The summed E-state index contributed by atoms with van der Waals surface area (Å²) in [5.74, 6) is -0.434. The lowest BCUT2D eigenvalue weighted by Crippen LogP contribution is -2.43. The van der Waals surface area contributed by atoms with E-state index in [9.17, 15) is 9.59 Å². The van der Waals surface area contributed by atoms with Crippen LogP contribution in [0.3, 0.4) is 0 Å². The van der Waals surface area contributed by atoms with E-state index in [2.05, 4.69) is 5.32 Å². The van der Waals surface area contributed by atoms with Crippen LogP contribution in [0.5, 0.6) is 0 Å². The molecule has 120 valence electrons. The number of para-hydroxylation sites is 2. The Hall–Kier alpha value is -2.28. The summed E-state index contributed by atoms with van der Waals surface area (Å²) < 4.78 is 6.62. The van der Waals surface area contributed by atoms with Gasteiger partial charge in [-0.2, -0.15) is 0 Å². The van der Waals surface area contributed by atoms with Crippen molar-refractivity contribution in [3.8, 4) is 0 Å². The Bertz CT molecular complexity index is 671. The van der Waals surface area contributed by atoms with E-state index in [1.54, 1.807) is 23.1 Å². The van der Waals surface area contributed by atoms with E-state index >= 15 is 0 Å².